The standard InChI is InChI=1S/C14H15ClFN3O/c1-2-14(5-6-17-8-14)13-18-12(19-20-13)9-3-4-11(16)10(15)7-9/h3-4,7,17H,2,5-6,8H2,1H3. The lowest BCUT2D eigenvalue weighted by Gasteiger charge is -2.20. The van der Waals surface area contributed by atoms with Gasteiger partial charge < -0.3 is 9.84 Å². The quantitative estimate of drug-likeness (QED) is 0.945. The maximum atomic E-state index is 13.2. The van der Waals surface area contributed by atoms with Gasteiger partial charge in [-0.25, -0.2) is 4.39 Å². The fraction of sp³-hybridized carbons (Fsp3) is 0.429. The molecule has 1 unspecified atom stereocenters. The average molecular weight is 296 g/mol. The molecule has 1 atom stereocenters. The van der Waals surface area contributed by atoms with Crippen molar-refractivity contribution in [3.8, 4) is 11.4 Å². The van der Waals surface area contributed by atoms with Crippen LogP contribution in [0.15, 0.2) is 22.7 Å². The molecule has 2 heterocycles. The molecule has 1 aliphatic heterocycles. The van der Waals surface area contributed by atoms with Crippen molar-refractivity contribution in [3.63, 3.8) is 0 Å². The molecule has 4 nitrogen and oxygen atoms in total. The highest BCUT2D eigenvalue weighted by Crippen LogP contribution is 2.34. The minimum absolute atomic E-state index is 0.0570. The van der Waals surface area contributed by atoms with Crippen molar-refractivity contribution in [2.24, 2.45) is 0 Å². The molecule has 1 aromatic carbocycles. The summed E-state index contributed by atoms with van der Waals surface area (Å²) in [5.74, 6) is 0.631. The fourth-order valence-electron chi connectivity index (χ4n) is 2.57. The molecule has 0 aliphatic carbocycles. The molecule has 0 radical (unpaired) electrons. The Morgan fingerprint density at radius 2 is 2.35 bits per heavy atom. The summed E-state index contributed by atoms with van der Waals surface area (Å²) in [7, 11) is 0. The van der Waals surface area contributed by atoms with E-state index in [2.05, 4.69) is 22.4 Å². The minimum Gasteiger partial charge on any atom is -0.338 e. The van der Waals surface area contributed by atoms with Crippen LogP contribution >= 0.6 is 11.6 Å². The molecule has 1 aliphatic rings. The molecule has 6 heteroatoms. The van der Waals surface area contributed by atoms with Gasteiger partial charge in [-0.3, -0.25) is 0 Å². The fourth-order valence-corrected chi connectivity index (χ4v) is 2.75. The number of halogens is 2. The predicted molar refractivity (Wildman–Crippen MR) is 74.2 cm³/mol. The average Bonchev–Trinajstić information content (AvgIpc) is 3.10. The summed E-state index contributed by atoms with van der Waals surface area (Å²) < 4.78 is 18.6. The summed E-state index contributed by atoms with van der Waals surface area (Å²) in [6.07, 6.45) is 1.92. The highest BCUT2D eigenvalue weighted by molar-refractivity contribution is 6.31. The van der Waals surface area contributed by atoms with Gasteiger partial charge in [0.05, 0.1) is 10.4 Å². The van der Waals surface area contributed by atoms with E-state index in [1.807, 2.05) is 0 Å². The summed E-state index contributed by atoms with van der Waals surface area (Å²) >= 11 is 5.78. The molecule has 106 valence electrons. The number of hydrogen-bond acceptors (Lipinski definition) is 4. The van der Waals surface area contributed by atoms with Crippen molar-refractivity contribution in [2.75, 3.05) is 13.1 Å². The van der Waals surface area contributed by atoms with E-state index < -0.39 is 5.82 Å². The minimum atomic E-state index is -0.454. The molecular formula is C14H15ClFN3O. The van der Waals surface area contributed by atoms with E-state index >= 15 is 0 Å². The summed E-state index contributed by atoms with van der Waals surface area (Å²) in [6.45, 7) is 3.91. The Kier molecular flexibility index (Phi) is 3.48. The third-order valence-electron chi connectivity index (χ3n) is 3.98. The second-order valence-corrected chi connectivity index (χ2v) is 5.52. The van der Waals surface area contributed by atoms with Crippen LogP contribution in [0.4, 0.5) is 4.39 Å². The zero-order valence-electron chi connectivity index (χ0n) is 11.1. The van der Waals surface area contributed by atoms with Gasteiger partial charge in [0.2, 0.25) is 11.7 Å². The Morgan fingerprint density at radius 1 is 1.50 bits per heavy atom. The van der Waals surface area contributed by atoms with E-state index in [0.717, 1.165) is 25.9 Å². The number of hydrogen-bond donors (Lipinski definition) is 1. The van der Waals surface area contributed by atoms with Crippen LogP contribution in [0.25, 0.3) is 11.4 Å². The summed E-state index contributed by atoms with van der Waals surface area (Å²) in [5, 5.41) is 7.39. The Balaban J connectivity index is 1.95. The topological polar surface area (TPSA) is 51.0 Å². The second-order valence-electron chi connectivity index (χ2n) is 5.11. The van der Waals surface area contributed by atoms with Crippen molar-refractivity contribution < 1.29 is 8.91 Å². The number of nitrogens with zero attached hydrogens (tertiary/aromatic N) is 2. The van der Waals surface area contributed by atoms with Crippen LogP contribution in [-0.2, 0) is 5.41 Å². The monoisotopic (exact) mass is 295 g/mol. The van der Waals surface area contributed by atoms with E-state index in [4.69, 9.17) is 16.1 Å². The molecule has 0 amide bonds. The maximum Gasteiger partial charge on any atom is 0.234 e. The number of benzene rings is 1. The van der Waals surface area contributed by atoms with Gasteiger partial charge in [0.15, 0.2) is 0 Å². The van der Waals surface area contributed by atoms with Crippen LogP contribution in [0.1, 0.15) is 25.7 Å². The summed E-state index contributed by atoms with van der Waals surface area (Å²) in [6, 6.07) is 4.42. The Morgan fingerprint density at radius 3 is 3.00 bits per heavy atom. The molecule has 0 bridgehead atoms. The molecule has 0 spiro atoms. The lowest BCUT2D eigenvalue weighted by atomic mass is 9.84. The van der Waals surface area contributed by atoms with Gasteiger partial charge in [-0.05, 0) is 37.6 Å². The molecule has 1 saturated heterocycles. The Labute approximate surface area is 121 Å². The number of rotatable bonds is 3. The molecular weight excluding hydrogens is 281 g/mol. The van der Waals surface area contributed by atoms with Gasteiger partial charge >= 0.3 is 0 Å². The first-order valence-corrected chi connectivity index (χ1v) is 7.03. The number of nitrogens with one attached hydrogen (secondary N) is 1. The van der Waals surface area contributed by atoms with Crippen molar-refractivity contribution in [2.45, 2.75) is 25.2 Å². The van der Waals surface area contributed by atoms with Crippen LogP contribution in [0, 0.1) is 5.82 Å². The zero-order valence-corrected chi connectivity index (χ0v) is 11.9. The largest absolute Gasteiger partial charge is 0.338 e. The van der Waals surface area contributed by atoms with Crippen molar-refractivity contribution >= 4 is 11.6 Å². The number of aromatic nitrogens is 2. The SMILES string of the molecule is CCC1(c2nc(-c3ccc(F)c(Cl)c3)no2)CCNC1. The molecule has 0 saturated carbocycles. The van der Waals surface area contributed by atoms with Crippen LogP contribution < -0.4 is 5.32 Å². The maximum absolute atomic E-state index is 13.2. The van der Waals surface area contributed by atoms with E-state index in [9.17, 15) is 4.39 Å². The lowest BCUT2D eigenvalue weighted by Crippen LogP contribution is -2.28. The molecule has 1 N–H and O–H groups in total. The van der Waals surface area contributed by atoms with Crippen LogP contribution in [-0.4, -0.2) is 23.2 Å². The van der Waals surface area contributed by atoms with E-state index in [1.165, 1.54) is 12.1 Å². The Hall–Kier alpha value is -1.46. The molecule has 2 aromatic rings. The zero-order chi connectivity index (χ0) is 14.2. The highest BCUT2D eigenvalue weighted by Gasteiger charge is 2.39. The first-order chi connectivity index (χ1) is 9.64. The van der Waals surface area contributed by atoms with Crippen LogP contribution in [0.5, 0.6) is 0 Å². The van der Waals surface area contributed by atoms with Crippen molar-refractivity contribution in [3.05, 3.63) is 34.9 Å². The normalized spacial score (nSPS) is 22.4. The molecule has 3 rings (SSSR count). The lowest BCUT2D eigenvalue weighted by molar-refractivity contribution is 0.285. The Bertz CT molecular complexity index is 623. The van der Waals surface area contributed by atoms with Gasteiger partial charge in [0, 0.05) is 12.1 Å². The van der Waals surface area contributed by atoms with Crippen LogP contribution in [0.3, 0.4) is 0 Å². The van der Waals surface area contributed by atoms with Gasteiger partial charge in [0.25, 0.3) is 0 Å². The first-order valence-electron chi connectivity index (χ1n) is 6.65. The third-order valence-corrected chi connectivity index (χ3v) is 4.27. The van der Waals surface area contributed by atoms with Gasteiger partial charge in [-0.2, -0.15) is 4.98 Å². The smallest absolute Gasteiger partial charge is 0.234 e. The summed E-state index contributed by atoms with van der Waals surface area (Å²) in [5.41, 5.74) is 0.568. The molecule has 1 fully saturated rings. The second kappa shape index (κ2) is 5.14. The van der Waals surface area contributed by atoms with Gasteiger partial charge in [-0.1, -0.05) is 23.7 Å². The third kappa shape index (κ3) is 2.21. The van der Waals surface area contributed by atoms with Crippen molar-refractivity contribution in [1.82, 2.24) is 15.5 Å². The van der Waals surface area contributed by atoms with E-state index in [-0.39, 0.29) is 10.4 Å². The van der Waals surface area contributed by atoms with E-state index in [1.54, 1.807) is 6.07 Å². The molecule has 1 aromatic heterocycles. The highest BCUT2D eigenvalue weighted by atomic mass is 35.5. The predicted octanol–water partition coefficient (Wildman–Crippen LogP) is 3.17. The first kappa shape index (κ1) is 13.5. The van der Waals surface area contributed by atoms with Crippen LogP contribution in [0.2, 0.25) is 5.02 Å². The van der Waals surface area contributed by atoms with Gasteiger partial charge in [0.1, 0.15) is 5.82 Å². The molecule has 20 heavy (non-hydrogen) atoms. The van der Waals surface area contributed by atoms with E-state index in [0.29, 0.717) is 17.3 Å². The summed E-state index contributed by atoms with van der Waals surface area (Å²) in [4.78, 5) is 4.48. The van der Waals surface area contributed by atoms with Gasteiger partial charge in [-0.15, -0.1) is 0 Å². The van der Waals surface area contributed by atoms with Crippen molar-refractivity contribution in [1.29, 1.82) is 0 Å².